The molecule has 3 heteroatoms. The fraction of sp³-hybridized carbons (Fsp3) is 0.500. The van der Waals surface area contributed by atoms with Crippen LogP contribution >= 0.6 is 11.3 Å². The molecule has 0 amide bonds. The van der Waals surface area contributed by atoms with Gasteiger partial charge in [-0.15, -0.1) is 0 Å². The molecule has 0 radical (unpaired) electrons. The number of unbranched alkanes of at least 4 members (excludes halogenated alkanes) is 1. The van der Waals surface area contributed by atoms with Crippen LogP contribution in [-0.2, 0) is 7.05 Å². The van der Waals surface area contributed by atoms with Gasteiger partial charge in [0.25, 0.3) is 0 Å². The van der Waals surface area contributed by atoms with Gasteiger partial charge in [0.15, 0.2) is 4.80 Å². The van der Waals surface area contributed by atoms with E-state index in [9.17, 15) is 0 Å². The average molecular weight is 196 g/mol. The predicted molar refractivity (Wildman–Crippen MR) is 57.9 cm³/mol. The Balaban J connectivity index is 3.42. The van der Waals surface area contributed by atoms with Gasteiger partial charge in [0, 0.05) is 11.6 Å². The Kier molecular flexibility index (Phi) is 3.48. The number of hydrogen-bond donors (Lipinski definition) is 1. The highest BCUT2D eigenvalue weighted by atomic mass is 32.1. The zero-order valence-electron chi connectivity index (χ0n) is 8.42. The molecule has 0 aliphatic rings. The highest BCUT2D eigenvalue weighted by Crippen LogP contribution is 1.85. The van der Waals surface area contributed by atoms with E-state index in [4.69, 9.17) is 5.41 Å². The van der Waals surface area contributed by atoms with Crippen molar-refractivity contribution in [2.24, 2.45) is 7.05 Å². The molecule has 0 aliphatic heterocycles. The molecule has 0 aromatic carbocycles. The molecule has 0 bridgehead atoms. The van der Waals surface area contributed by atoms with Gasteiger partial charge in [-0.05, 0) is 13.3 Å². The molecule has 13 heavy (non-hydrogen) atoms. The van der Waals surface area contributed by atoms with Crippen molar-refractivity contribution in [3.63, 3.8) is 0 Å². The first-order valence-corrected chi connectivity index (χ1v) is 5.39. The second-order valence-corrected chi connectivity index (χ2v) is 4.03. The molecule has 0 saturated carbocycles. The predicted octanol–water partition coefficient (Wildman–Crippen LogP) is 0.947. The largest absolute Gasteiger partial charge is 0.320 e. The van der Waals surface area contributed by atoms with E-state index in [1.165, 1.54) is 21.2 Å². The van der Waals surface area contributed by atoms with Crippen molar-refractivity contribution in [3.8, 4) is 0 Å². The van der Waals surface area contributed by atoms with Gasteiger partial charge in [-0.25, -0.2) is 0 Å². The Morgan fingerprint density at radius 2 is 2.23 bits per heavy atom. The van der Waals surface area contributed by atoms with Crippen LogP contribution in [0, 0.1) is 5.41 Å². The zero-order chi connectivity index (χ0) is 9.84. The Labute approximate surface area is 82.4 Å². The van der Waals surface area contributed by atoms with Gasteiger partial charge in [-0.3, -0.25) is 5.41 Å². The van der Waals surface area contributed by atoms with Crippen LogP contribution in [0.3, 0.4) is 0 Å². The van der Waals surface area contributed by atoms with Crippen LogP contribution in [-0.4, -0.2) is 4.57 Å². The minimum absolute atomic E-state index is 0.621. The lowest BCUT2D eigenvalue weighted by Gasteiger charge is -1.90. The van der Waals surface area contributed by atoms with Crippen LogP contribution in [0.25, 0.3) is 12.2 Å². The van der Waals surface area contributed by atoms with E-state index in [2.05, 4.69) is 19.1 Å². The van der Waals surface area contributed by atoms with Gasteiger partial charge in [0.2, 0.25) is 0 Å². The lowest BCUT2D eigenvalue weighted by Crippen LogP contribution is -2.29. The van der Waals surface area contributed by atoms with Crippen molar-refractivity contribution < 1.29 is 0 Å². The normalized spacial score (nSPS) is 14.1. The van der Waals surface area contributed by atoms with Crippen molar-refractivity contribution >= 4 is 23.5 Å². The molecule has 0 aliphatic carbocycles. The SMILES string of the molecule is C/C=c1\sc(=N)n(C)\c1=C/CCC. The smallest absolute Gasteiger partial charge is 0.182 e. The molecule has 0 unspecified atom stereocenters. The summed E-state index contributed by atoms with van der Waals surface area (Å²) in [5.41, 5.74) is 0. The van der Waals surface area contributed by atoms with Crippen LogP contribution in [0.1, 0.15) is 26.7 Å². The van der Waals surface area contributed by atoms with Gasteiger partial charge in [-0.2, -0.15) is 0 Å². The Morgan fingerprint density at radius 1 is 1.54 bits per heavy atom. The van der Waals surface area contributed by atoms with Gasteiger partial charge >= 0.3 is 0 Å². The van der Waals surface area contributed by atoms with Crippen molar-refractivity contribution in [1.82, 2.24) is 4.57 Å². The van der Waals surface area contributed by atoms with Crippen LogP contribution in [0.5, 0.6) is 0 Å². The van der Waals surface area contributed by atoms with E-state index >= 15 is 0 Å². The van der Waals surface area contributed by atoms with Gasteiger partial charge in [-0.1, -0.05) is 36.8 Å². The molecule has 0 atom stereocenters. The fourth-order valence-corrected chi connectivity index (χ4v) is 2.11. The molecule has 2 nitrogen and oxygen atoms in total. The molecule has 0 saturated heterocycles. The van der Waals surface area contributed by atoms with Gasteiger partial charge < -0.3 is 4.57 Å². The summed E-state index contributed by atoms with van der Waals surface area (Å²) in [6.45, 7) is 4.19. The number of rotatable bonds is 2. The van der Waals surface area contributed by atoms with Gasteiger partial charge in [0.05, 0.1) is 5.35 Å². The van der Waals surface area contributed by atoms with Crippen LogP contribution in [0.15, 0.2) is 0 Å². The molecule has 0 spiro atoms. The maximum atomic E-state index is 7.66. The molecule has 1 aromatic rings. The standard InChI is InChI=1S/C10H16N2S/c1-4-6-7-8-9(5-2)13-10(11)12(8)3/h5,7,11H,4,6H2,1-3H3/b8-7-,9-5-,11-10?. The van der Waals surface area contributed by atoms with E-state index in [1.54, 1.807) is 0 Å². The summed E-state index contributed by atoms with van der Waals surface area (Å²) in [7, 11) is 1.95. The van der Waals surface area contributed by atoms with E-state index in [0.29, 0.717) is 4.80 Å². The Morgan fingerprint density at radius 3 is 2.77 bits per heavy atom. The number of aromatic nitrogens is 1. The van der Waals surface area contributed by atoms with Gasteiger partial charge in [0.1, 0.15) is 0 Å². The third-order valence-electron chi connectivity index (χ3n) is 2.01. The van der Waals surface area contributed by atoms with Crippen LogP contribution in [0.2, 0.25) is 0 Å². The number of nitrogens with one attached hydrogen (secondary N) is 1. The second kappa shape index (κ2) is 4.42. The molecule has 1 aromatic heterocycles. The van der Waals surface area contributed by atoms with Crippen molar-refractivity contribution in [1.29, 1.82) is 5.41 Å². The summed E-state index contributed by atoms with van der Waals surface area (Å²) < 4.78 is 3.15. The summed E-state index contributed by atoms with van der Waals surface area (Å²) in [5, 5.41) is 8.86. The molecule has 1 heterocycles. The van der Waals surface area contributed by atoms with E-state index in [-0.39, 0.29) is 0 Å². The lowest BCUT2D eigenvalue weighted by molar-refractivity contribution is 0.818. The maximum Gasteiger partial charge on any atom is 0.182 e. The average Bonchev–Trinajstić information content (AvgIpc) is 2.40. The minimum Gasteiger partial charge on any atom is -0.320 e. The third kappa shape index (κ3) is 2.10. The third-order valence-corrected chi connectivity index (χ3v) is 3.15. The summed E-state index contributed by atoms with van der Waals surface area (Å²) >= 11 is 1.53. The highest BCUT2D eigenvalue weighted by Gasteiger charge is 1.93. The lowest BCUT2D eigenvalue weighted by atomic mass is 10.3. The number of thiazole rings is 1. The minimum atomic E-state index is 0.621. The maximum absolute atomic E-state index is 7.66. The topological polar surface area (TPSA) is 28.8 Å². The summed E-state index contributed by atoms with van der Waals surface area (Å²) in [5.74, 6) is 0. The Hall–Kier alpha value is -0.830. The highest BCUT2D eigenvalue weighted by molar-refractivity contribution is 7.06. The fourth-order valence-electron chi connectivity index (χ4n) is 1.22. The van der Waals surface area contributed by atoms with Crippen LogP contribution in [0.4, 0.5) is 0 Å². The first-order valence-electron chi connectivity index (χ1n) is 4.57. The molecule has 1 N–H and O–H groups in total. The Bertz CT molecular complexity index is 436. The van der Waals surface area contributed by atoms with Crippen molar-refractivity contribution in [2.75, 3.05) is 0 Å². The summed E-state index contributed by atoms with van der Waals surface area (Å²) in [6.07, 6.45) is 6.53. The van der Waals surface area contributed by atoms with Crippen molar-refractivity contribution in [3.05, 3.63) is 14.7 Å². The zero-order valence-corrected chi connectivity index (χ0v) is 9.24. The van der Waals surface area contributed by atoms with E-state index < -0.39 is 0 Å². The van der Waals surface area contributed by atoms with Crippen LogP contribution < -0.4 is 14.7 Å². The monoisotopic (exact) mass is 196 g/mol. The summed E-state index contributed by atoms with van der Waals surface area (Å²) in [4.78, 5) is 0.621. The van der Waals surface area contributed by atoms with E-state index in [1.807, 2.05) is 18.5 Å². The first kappa shape index (κ1) is 10.3. The van der Waals surface area contributed by atoms with E-state index in [0.717, 1.165) is 12.8 Å². The molecular formula is C10H16N2S. The van der Waals surface area contributed by atoms with Crippen molar-refractivity contribution in [2.45, 2.75) is 26.7 Å². The molecular weight excluding hydrogens is 180 g/mol. The molecule has 0 fully saturated rings. The quantitative estimate of drug-likeness (QED) is 0.729. The number of hydrogen-bond acceptors (Lipinski definition) is 2. The first-order chi connectivity index (χ1) is 6.20. The molecule has 1 rings (SSSR count). The molecule has 72 valence electrons. The second-order valence-electron chi connectivity index (χ2n) is 3.00. The number of nitrogens with zero attached hydrogens (tertiary/aromatic N) is 1. The summed E-state index contributed by atoms with van der Waals surface area (Å²) in [6, 6.07) is 0.